The lowest BCUT2D eigenvalue weighted by Gasteiger charge is -2.10. The van der Waals surface area contributed by atoms with E-state index < -0.39 is 11.2 Å². The highest BCUT2D eigenvalue weighted by Crippen LogP contribution is 2.23. The predicted molar refractivity (Wildman–Crippen MR) is 63.7 cm³/mol. The van der Waals surface area contributed by atoms with Crippen LogP contribution in [0.4, 0.5) is 0 Å². The number of carboxylic acids is 1. The molecule has 1 N–H and O–H groups in total. The minimum Gasteiger partial charge on any atom is -0.480 e. The van der Waals surface area contributed by atoms with Crippen molar-refractivity contribution in [2.75, 3.05) is 0 Å². The first-order valence-electron chi connectivity index (χ1n) is 5.24. The van der Waals surface area contributed by atoms with E-state index in [1.807, 2.05) is 26.8 Å². The summed E-state index contributed by atoms with van der Waals surface area (Å²) in [6.45, 7) is 5.74. The zero-order chi connectivity index (χ0) is 12.1. The topological polar surface area (TPSA) is 63.1 Å². The number of thioether (sulfide) groups is 1. The molecule has 5 heteroatoms. The number of aromatic nitrogens is 2. The number of aliphatic carboxylic acids is 1. The number of carboxylic acid groups (broad SMARTS) is 1. The lowest BCUT2D eigenvalue weighted by molar-refractivity contribution is -0.136. The molecular formula is C11H16N2O2S. The van der Waals surface area contributed by atoms with E-state index in [1.165, 1.54) is 11.8 Å². The first-order chi connectivity index (χ1) is 7.52. The summed E-state index contributed by atoms with van der Waals surface area (Å²) in [6.07, 6.45) is 1.48. The fourth-order valence-electron chi connectivity index (χ4n) is 1.37. The molecule has 0 saturated heterocycles. The molecule has 1 aromatic heterocycles. The molecule has 1 aromatic rings. The highest BCUT2D eigenvalue weighted by molar-refractivity contribution is 8.00. The highest BCUT2D eigenvalue weighted by atomic mass is 32.2. The Balaban J connectivity index is 2.80. The molecule has 0 aliphatic carbocycles. The van der Waals surface area contributed by atoms with Crippen LogP contribution in [0.3, 0.4) is 0 Å². The summed E-state index contributed by atoms with van der Waals surface area (Å²) < 4.78 is 0. The van der Waals surface area contributed by atoms with Gasteiger partial charge in [-0.05, 0) is 26.3 Å². The van der Waals surface area contributed by atoms with Crippen LogP contribution >= 0.6 is 11.8 Å². The normalized spacial score (nSPS) is 12.4. The molecule has 1 heterocycles. The van der Waals surface area contributed by atoms with Gasteiger partial charge in [-0.3, -0.25) is 4.79 Å². The predicted octanol–water partition coefficient (Wildman–Crippen LogP) is 2.44. The van der Waals surface area contributed by atoms with Gasteiger partial charge in [-0.2, -0.15) is 0 Å². The van der Waals surface area contributed by atoms with Crippen molar-refractivity contribution < 1.29 is 9.90 Å². The molecule has 4 nitrogen and oxygen atoms in total. The number of carbonyl (C=O) groups is 1. The van der Waals surface area contributed by atoms with Gasteiger partial charge >= 0.3 is 5.97 Å². The Kier molecular flexibility index (Phi) is 4.73. The van der Waals surface area contributed by atoms with Crippen LogP contribution in [0.15, 0.2) is 11.2 Å². The Morgan fingerprint density at radius 2 is 2.00 bits per heavy atom. The van der Waals surface area contributed by atoms with Gasteiger partial charge in [0, 0.05) is 11.4 Å². The molecule has 0 bridgehead atoms. The van der Waals surface area contributed by atoms with E-state index in [0.717, 1.165) is 17.8 Å². The maximum atomic E-state index is 11.0. The zero-order valence-corrected chi connectivity index (χ0v) is 10.5. The van der Waals surface area contributed by atoms with Crippen molar-refractivity contribution in [3.05, 3.63) is 17.5 Å². The van der Waals surface area contributed by atoms with Gasteiger partial charge in [0.2, 0.25) is 0 Å². The Morgan fingerprint density at radius 3 is 2.44 bits per heavy atom. The van der Waals surface area contributed by atoms with Crippen LogP contribution in [-0.2, 0) is 4.79 Å². The summed E-state index contributed by atoms with van der Waals surface area (Å²) in [7, 11) is 0. The molecule has 0 amide bonds. The molecule has 0 saturated carbocycles. The fourth-order valence-corrected chi connectivity index (χ4v) is 2.47. The Bertz CT molecular complexity index is 362. The van der Waals surface area contributed by atoms with Crippen LogP contribution in [0.2, 0.25) is 0 Å². The van der Waals surface area contributed by atoms with Crippen molar-refractivity contribution in [3.63, 3.8) is 0 Å². The van der Waals surface area contributed by atoms with Crippen LogP contribution in [0, 0.1) is 13.8 Å². The number of nitrogens with zero attached hydrogens (tertiary/aromatic N) is 2. The van der Waals surface area contributed by atoms with Crippen molar-refractivity contribution in [2.24, 2.45) is 0 Å². The SMILES string of the molecule is CCCC(Sc1nc(C)cc(C)n1)C(=O)O. The van der Waals surface area contributed by atoms with E-state index >= 15 is 0 Å². The van der Waals surface area contributed by atoms with Crippen LogP contribution in [0.25, 0.3) is 0 Å². The van der Waals surface area contributed by atoms with Crippen molar-refractivity contribution in [1.29, 1.82) is 0 Å². The van der Waals surface area contributed by atoms with E-state index in [1.54, 1.807) is 0 Å². The first-order valence-corrected chi connectivity index (χ1v) is 6.12. The van der Waals surface area contributed by atoms with Gasteiger partial charge in [-0.25, -0.2) is 9.97 Å². The molecule has 0 aromatic carbocycles. The monoisotopic (exact) mass is 240 g/mol. The van der Waals surface area contributed by atoms with E-state index in [0.29, 0.717) is 11.6 Å². The molecule has 0 aliphatic heterocycles. The Labute approximate surface area is 99.5 Å². The Hall–Kier alpha value is -1.10. The molecule has 0 radical (unpaired) electrons. The second kappa shape index (κ2) is 5.84. The smallest absolute Gasteiger partial charge is 0.317 e. The van der Waals surface area contributed by atoms with Crippen molar-refractivity contribution in [1.82, 2.24) is 9.97 Å². The fraction of sp³-hybridized carbons (Fsp3) is 0.545. The third-order valence-electron chi connectivity index (χ3n) is 2.04. The minimum atomic E-state index is -0.797. The summed E-state index contributed by atoms with van der Waals surface area (Å²) in [6, 6.07) is 1.87. The van der Waals surface area contributed by atoms with Crippen LogP contribution < -0.4 is 0 Å². The minimum absolute atomic E-state index is 0.453. The van der Waals surface area contributed by atoms with Gasteiger partial charge in [-0.1, -0.05) is 25.1 Å². The summed E-state index contributed by atoms with van der Waals surface area (Å²) in [5.41, 5.74) is 1.74. The molecule has 0 fully saturated rings. The molecule has 0 aliphatic rings. The molecule has 0 spiro atoms. The quantitative estimate of drug-likeness (QED) is 0.632. The second-order valence-corrected chi connectivity index (χ2v) is 4.84. The Morgan fingerprint density at radius 1 is 1.44 bits per heavy atom. The van der Waals surface area contributed by atoms with Gasteiger partial charge in [0.25, 0.3) is 0 Å². The molecule has 1 atom stereocenters. The number of rotatable bonds is 5. The van der Waals surface area contributed by atoms with Crippen molar-refractivity contribution >= 4 is 17.7 Å². The molecular weight excluding hydrogens is 224 g/mol. The maximum absolute atomic E-state index is 11.0. The van der Waals surface area contributed by atoms with Crippen LogP contribution in [-0.4, -0.2) is 26.3 Å². The first kappa shape index (κ1) is 13.0. The maximum Gasteiger partial charge on any atom is 0.317 e. The second-order valence-electron chi connectivity index (χ2n) is 3.67. The summed E-state index contributed by atoms with van der Waals surface area (Å²) in [4.78, 5) is 19.4. The summed E-state index contributed by atoms with van der Waals surface area (Å²) >= 11 is 1.23. The molecule has 16 heavy (non-hydrogen) atoms. The van der Waals surface area contributed by atoms with E-state index in [9.17, 15) is 4.79 Å². The third kappa shape index (κ3) is 3.81. The molecule has 88 valence electrons. The van der Waals surface area contributed by atoms with E-state index in [2.05, 4.69) is 9.97 Å². The number of aryl methyl sites for hydroxylation is 2. The van der Waals surface area contributed by atoms with Gasteiger partial charge in [0.05, 0.1) is 0 Å². The summed E-state index contributed by atoms with van der Waals surface area (Å²) in [5.74, 6) is -0.797. The van der Waals surface area contributed by atoms with Crippen molar-refractivity contribution in [2.45, 2.75) is 44.0 Å². The zero-order valence-electron chi connectivity index (χ0n) is 9.73. The molecule has 1 unspecified atom stereocenters. The average Bonchev–Trinajstić information content (AvgIpc) is 2.15. The lowest BCUT2D eigenvalue weighted by atomic mass is 10.2. The number of hydrogen-bond acceptors (Lipinski definition) is 4. The van der Waals surface area contributed by atoms with Gasteiger partial charge < -0.3 is 5.11 Å². The van der Waals surface area contributed by atoms with Crippen molar-refractivity contribution in [3.8, 4) is 0 Å². The molecule has 1 rings (SSSR count). The lowest BCUT2D eigenvalue weighted by Crippen LogP contribution is -2.16. The van der Waals surface area contributed by atoms with Gasteiger partial charge in [-0.15, -0.1) is 0 Å². The van der Waals surface area contributed by atoms with Crippen LogP contribution in [0.5, 0.6) is 0 Å². The van der Waals surface area contributed by atoms with E-state index in [4.69, 9.17) is 5.11 Å². The van der Waals surface area contributed by atoms with Gasteiger partial charge in [0.1, 0.15) is 5.25 Å². The average molecular weight is 240 g/mol. The van der Waals surface area contributed by atoms with E-state index in [-0.39, 0.29) is 0 Å². The summed E-state index contributed by atoms with van der Waals surface area (Å²) in [5, 5.41) is 9.13. The highest BCUT2D eigenvalue weighted by Gasteiger charge is 2.19. The standard InChI is InChI=1S/C11H16N2O2S/c1-4-5-9(10(14)15)16-11-12-7(2)6-8(3)13-11/h6,9H,4-5H2,1-3H3,(H,14,15). The van der Waals surface area contributed by atoms with Gasteiger partial charge in [0.15, 0.2) is 5.16 Å². The van der Waals surface area contributed by atoms with Crippen LogP contribution in [0.1, 0.15) is 31.2 Å². The largest absolute Gasteiger partial charge is 0.480 e. The third-order valence-corrected chi connectivity index (χ3v) is 3.15. The number of hydrogen-bond donors (Lipinski definition) is 1.